The highest BCUT2D eigenvalue weighted by Crippen LogP contribution is 2.28. The molecule has 0 heterocycles. The number of aryl methyl sites for hydroxylation is 2. The topological polar surface area (TPSA) is 35.8 Å². The van der Waals surface area contributed by atoms with Gasteiger partial charge in [-0.05, 0) is 55.3 Å². The summed E-state index contributed by atoms with van der Waals surface area (Å²) in [7, 11) is 0. The first-order valence-corrected chi connectivity index (χ1v) is 6.92. The predicted molar refractivity (Wildman–Crippen MR) is 83.1 cm³/mol. The number of halogens is 2. The monoisotopic (exact) mass is 334 g/mol. The number of rotatable bonds is 2. The Hall–Kier alpha value is -1.50. The largest absolute Gasteiger partial charge is 0.355 e. The summed E-state index contributed by atoms with van der Waals surface area (Å²) in [5, 5.41) is 12.6. The third kappa shape index (κ3) is 3.09. The maximum atomic E-state index is 8.84. The van der Waals surface area contributed by atoms with E-state index in [1.54, 1.807) is 12.1 Å². The lowest BCUT2D eigenvalue weighted by Gasteiger charge is -2.11. The molecule has 0 saturated carbocycles. The van der Waals surface area contributed by atoms with Crippen molar-refractivity contribution in [1.82, 2.24) is 0 Å². The van der Waals surface area contributed by atoms with Gasteiger partial charge >= 0.3 is 0 Å². The molecular formula is C15H12BrClN2. The highest BCUT2D eigenvalue weighted by atomic mass is 79.9. The van der Waals surface area contributed by atoms with Gasteiger partial charge in [-0.2, -0.15) is 5.26 Å². The summed E-state index contributed by atoms with van der Waals surface area (Å²) < 4.78 is 1.12. The Morgan fingerprint density at radius 1 is 1.11 bits per heavy atom. The van der Waals surface area contributed by atoms with Crippen molar-refractivity contribution in [3.63, 3.8) is 0 Å². The maximum Gasteiger partial charge on any atom is 0.101 e. The summed E-state index contributed by atoms with van der Waals surface area (Å²) in [6.07, 6.45) is 0. The Morgan fingerprint density at radius 3 is 2.26 bits per heavy atom. The summed E-state index contributed by atoms with van der Waals surface area (Å²) in [6, 6.07) is 11.5. The third-order valence-corrected chi connectivity index (χ3v) is 4.38. The molecule has 0 bridgehead atoms. The Kier molecular flexibility index (Phi) is 4.14. The molecule has 0 atom stereocenters. The number of nitrogens with one attached hydrogen (secondary N) is 1. The van der Waals surface area contributed by atoms with Crippen LogP contribution in [0.5, 0.6) is 0 Å². The predicted octanol–water partition coefficient (Wildman–Crippen LogP) is 5.33. The van der Waals surface area contributed by atoms with E-state index in [1.807, 2.05) is 26.0 Å². The van der Waals surface area contributed by atoms with Gasteiger partial charge in [-0.25, -0.2) is 0 Å². The van der Waals surface area contributed by atoms with Crippen LogP contribution in [-0.2, 0) is 0 Å². The van der Waals surface area contributed by atoms with Gasteiger partial charge in [-0.15, -0.1) is 0 Å². The number of nitriles is 1. The van der Waals surface area contributed by atoms with E-state index in [1.165, 1.54) is 11.1 Å². The van der Waals surface area contributed by atoms with Gasteiger partial charge < -0.3 is 5.32 Å². The van der Waals surface area contributed by atoms with Gasteiger partial charge in [0.15, 0.2) is 0 Å². The second kappa shape index (κ2) is 5.64. The van der Waals surface area contributed by atoms with Gasteiger partial charge in [0.05, 0.1) is 10.6 Å². The summed E-state index contributed by atoms with van der Waals surface area (Å²) in [4.78, 5) is 0. The lowest BCUT2D eigenvalue weighted by molar-refractivity contribution is 1.33. The number of benzene rings is 2. The molecule has 2 aromatic carbocycles. The van der Waals surface area contributed by atoms with Crippen molar-refractivity contribution in [3.05, 3.63) is 56.5 Å². The van der Waals surface area contributed by atoms with Crippen molar-refractivity contribution in [1.29, 1.82) is 5.26 Å². The molecule has 0 spiro atoms. The lowest BCUT2D eigenvalue weighted by atomic mass is 10.1. The smallest absolute Gasteiger partial charge is 0.101 e. The molecule has 4 heteroatoms. The zero-order chi connectivity index (χ0) is 14.0. The molecular weight excluding hydrogens is 324 g/mol. The molecule has 0 unspecified atom stereocenters. The summed E-state index contributed by atoms with van der Waals surface area (Å²) in [5.74, 6) is 0. The molecule has 0 radical (unpaired) electrons. The second-order valence-electron chi connectivity index (χ2n) is 4.36. The van der Waals surface area contributed by atoms with Crippen molar-refractivity contribution >= 4 is 38.9 Å². The summed E-state index contributed by atoms with van der Waals surface area (Å²) in [5.41, 5.74) is 4.68. The van der Waals surface area contributed by atoms with Crippen LogP contribution in [-0.4, -0.2) is 0 Å². The van der Waals surface area contributed by atoms with Gasteiger partial charge in [0, 0.05) is 15.8 Å². The molecule has 19 heavy (non-hydrogen) atoms. The molecule has 2 rings (SSSR count). The SMILES string of the molecule is Cc1cc(Nc2ccc(C#N)c(Cl)c2)cc(C)c1Br. The summed E-state index contributed by atoms with van der Waals surface area (Å²) >= 11 is 9.56. The molecule has 0 aliphatic heterocycles. The highest BCUT2D eigenvalue weighted by Gasteiger charge is 2.04. The quantitative estimate of drug-likeness (QED) is 0.804. The highest BCUT2D eigenvalue weighted by molar-refractivity contribution is 9.10. The van der Waals surface area contributed by atoms with E-state index in [0.29, 0.717) is 10.6 Å². The third-order valence-electron chi connectivity index (χ3n) is 2.81. The Balaban J connectivity index is 2.32. The Labute approximate surface area is 126 Å². The van der Waals surface area contributed by atoms with Gasteiger partial charge in [0.2, 0.25) is 0 Å². The minimum Gasteiger partial charge on any atom is -0.355 e. The van der Waals surface area contributed by atoms with Gasteiger partial charge in [0.25, 0.3) is 0 Å². The zero-order valence-electron chi connectivity index (χ0n) is 10.6. The zero-order valence-corrected chi connectivity index (χ0v) is 12.9. The van der Waals surface area contributed by atoms with Crippen LogP contribution in [0.4, 0.5) is 11.4 Å². The minimum absolute atomic E-state index is 0.457. The van der Waals surface area contributed by atoms with E-state index in [2.05, 4.69) is 33.4 Å². The molecule has 96 valence electrons. The first-order chi connectivity index (χ1) is 9.01. The van der Waals surface area contributed by atoms with Crippen molar-refractivity contribution in [3.8, 4) is 6.07 Å². The molecule has 2 nitrogen and oxygen atoms in total. The van der Waals surface area contributed by atoms with Crippen molar-refractivity contribution < 1.29 is 0 Å². The van der Waals surface area contributed by atoms with Crippen molar-refractivity contribution in [2.75, 3.05) is 5.32 Å². The number of nitrogens with zero attached hydrogens (tertiary/aromatic N) is 1. The molecule has 0 aliphatic carbocycles. The van der Waals surface area contributed by atoms with E-state index in [-0.39, 0.29) is 0 Å². The van der Waals surface area contributed by atoms with E-state index in [0.717, 1.165) is 15.8 Å². The molecule has 1 N–H and O–H groups in total. The number of hydrogen-bond acceptors (Lipinski definition) is 2. The summed E-state index contributed by atoms with van der Waals surface area (Å²) in [6.45, 7) is 4.10. The number of anilines is 2. The standard InChI is InChI=1S/C15H12BrClN2/c1-9-5-13(6-10(2)15(9)16)19-12-4-3-11(8-18)14(17)7-12/h3-7,19H,1-2H3. The van der Waals surface area contributed by atoms with Crippen LogP contribution in [0.15, 0.2) is 34.8 Å². The Bertz CT molecular complexity index is 651. The molecule has 2 aromatic rings. The minimum atomic E-state index is 0.457. The fourth-order valence-corrected chi connectivity index (χ4v) is 2.32. The van der Waals surface area contributed by atoms with Gasteiger partial charge in [-0.1, -0.05) is 27.5 Å². The average Bonchev–Trinajstić information content (AvgIpc) is 2.36. The molecule has 0 aromatic heterocycles. The Morgan fingerprint density at radius 2 is 1.74 bits per heavy atom. The van der Waals surface area contributed by atoms with Crippen molar-refractivity contribution in [2.45, 2.75) is 13.8 Å². The van der Waals surface area contributed by atoms with Crippen LogP contribution in [0.1, 0.15) is 16.7 Å². The van der Waals surface area contributed by atoms with Crippen LogP contribution in [0.2, 0.25) is 5.02 Å². The first kappa shape index (κ1) is 13.9. The maximum absolute atomic E-state index is 8.84. The second-order valence-corrected chi connectivity index (χ2v) is 5.56. The molecule has 0 amide bonds. The van der Waals surface area contributed by atoms with E-state index in [9.17, 15) is 0 Å². The van der Waals surface area contributed by atoms with Crippen LogP contribution >= 0.6 is 27.5 Å². The average molecular weight is 336 g/mol. The lowest BCUT2D eigenvalue weighted by Crippen LogP contribution is -1.93. The van der Waals surface area contributed by atoms with E-state index in [4.69, 9.17) is 16.9 Å². The van der Waals surface area contributed by atoms with E-state index < -0.39 is 0 Å². The number of hydrogen-bond donors (Lipinski definition) is 1. The fourth-order valence-electron chi connectivity index (χ4n) is 1.87. The first-order valence-electron chi connectivity index (χ1n) is 5.74. The van der Waals surface area contributed by atoms with Gasteiger partial charge in [0.1, 0.15) is 6.07 Å². The van der Waals surface area contributed by atoms with Crippen LogP contribution < -0.4 is 5.32 Å². The normalized spacial score (nSPS) is 10.1. The molecule has 0 saturated heterocycles. The van der Waals surface area contributed by atoms with Crippen LogP contribution in [0, 0.1) is 25.2 Å². The molecule has 0 aliphatic rings. The molecule has 0 fully saturated rings. The van der Waals surface area contributed by atoms with E-state index >= 15 is 0 Å². The van der Waals surface area contributed by atoms with Crippen LogP contribution in [0.25, 0.3) is 0 Å². The van der Waals surface area contributed by atoms with Crippen LogP contribution in [0.3, 0.4) is 0 Å². The van der Waals surface area contributed by atoms with Gasteiger partial charge in [-0.3, -0.25) is 0 Å². The van der Waals surface area contributed by atoms with Crippen molar-refractivity contribution in [2.24, 2.45) is 0 Å². The fraction of sp³-hybridized carbons (Fsp3) is 0.133.